The maximum atomic E-state index is 11.7. The maximum Gasteiger partial charge on any atom is 0.297 e. The molecule has 0 fully saturated rings. The van der Waals surface area contributed by atoms with Crippen molar-refractivity contribution in [2.75, 3.05) is 0 Å². The van der Waals surface area contributed by atoms with E-state index in [-0.39, 0.29) is 22.8 Å². The molecule has 9 nitrogen and oxygen atoms in total. The first-order valence-corrected chi connectivity index (χ1v) is 10.6. The van der Waals surface area contributed by atoms with Crippen LogP contribution in [0.1, 0.15) is 12.5 Å². The predicted octanol–water partition coefficient (Wildman–Crippen LogP) is 1.14. The summed E-state index contributed by atoms with van der Waals surface area (Å²) in [6.07, 6.45) is -0.107. The zero-order chi connectivity index (χ0) is 18.5. The van der Waals surface area contributed by atoms with E-state index >= 15 is 0 Å². The van der Waals surface area contributed by atoms with Crippen molar-refractivity contribution < 1.29 is 38.9 Å². The van der Waals surface area contributed by atoms with E-state index in [1.807, 2.05) is 0 Å². The number of hydrogen-bond acceptors (Lipinski definition) is 6. The molecule has 0 heterocycles. The Hall–Kier alpha value is -1.57. The molecule has 0 unspecified atom stereocenters. The molecule has 0 aliphatic carbocycles. The van der Waals surface area contributed by atoms with E-state index < -0.39 is 45.0 Å². The minimum absolute atomic E-state index is 0.00681. The molecule has 0 saturated heterocycles. The molecule has 0 aromatic heterocycles. The molecule has 0 aliphatic heterocycles. The monoisotopic (exact) mass is 396 g/mol. The molecule has 0 saturated carbocycles. The second kappa shape index (κ2) is 5.75. The van der Waals surface area contributed by atoms with Crippen LogP contribution in [0.4, 0.5) is 0 Å². The Morgan fingerprint density at radius 2 is 1.12 bits per heavy atom. The Bertz CT molecular complexity index is 1140. The number of rotatable bonds is 4. The van der Waals surface area contributed by atoms with Gasteiger partial charge in [0.2, 0.25) is 0 Å². The van der Waals surface area contributed by atoms with Gasteiger partial charge in [-0.25, -0.2) is 0 Å². The lowest BCUT2D eigenvalue weighted by atomic mass is 10.0. The van der Waals surface area contributed by atoms with Crippen LogP contribution in [0.2, 0.25) is 0 Å². The van der Waals surface area contributed by atoms with Crippen LogP contribution in [0, 0.1) is 0 Å². The zero-order valence-electron chi connectivity index (χ0n) is 12.0. The van der Waals surface area contributed by atoms with Gasteiger partial charge in [-0.05, 0) is 17.4 Å². The summed E-state index contributed by atoms with van der Waals surface area (Å²) >= 11 is 0. The molecule has 2 rings (SSSR count). The van der Waals surface area contributed by atoms with Crippen LogP contribution in [0.5, 0.6) is 0 Å². The van der Waals surface area contributed by atoms with E-state index in [0.717, 1.165) is 6.07 Å². The largest absolute Gasteiger partial charge is 0.297 e. The van der Waals surface area contributed by atoms with Crippen molar-refractivity contribution in [3.05, 3.63) is 29.8 Å². The van der Waals surface area contributed by atoms with E-state index in [1.54, 1.807) is 0 Å². The summed E-state index contributed by atoms with van der Waals surface area (Å²) in [7, 11) is -15.9. The number of hydrogen-bond donors (Lipinski definition) is 3. The van der Waals surface area contributed by atoms with Crippen LogP contribution in [0.15, 0.2) is 39.0 Å². The first kappa shape index (κ1) is 18.8. The topological polar surface area (TPSA) is 163 Å². The first-order valence-electron chi connectivity index (χ1n) is 6.30. The molecule has 0 spiro atoms. The maximum absolute atomic E-state index is 11.7. The van der Waals surface area contributed by atoms with Gasteiger partial charge in [-0.1, -0.05) is 31.2 Å². The summed E-state index contributed by atoms with van der Waals surface area (Å²) in [5, 5.41) is -0.315. The van der Waals surface area contributed by atoms with Gasteiger partial charge in [0.15, 0.2) is 0 Å². The molecule has 0 bridgehead atoms. The lowest BCUT2D eigenvalue weighted by molar-refractivity contribution is 0.456. The lowest BCUT2D eigenvalue weighted by Crippen LogP contribution is -2.17. The van der Waals surface area contributed by atoms with Crippen LogP contribution < -0.4 is 0 Å². The van der Waals surface area contributed by atoms with E-state index in [0.29, 0.717) is 0 Å². The molecule has 2 aromatic carbocycles. The highest BCUT2D eigenvalue weighted by Crippen LogP contribution is 2.39. The fourth-order valence-corrected chi connectivity index (χ4v) is 6.27. The Labute approximate surface area is 138 Å². The van der Waals surface area contributed by atoms with Crippen LogP contribution in [0.3, 0.4) is 0 Å². The summed E-state index contributed by atoms with van der Waals surface area (Å²) in [4.78, 5) is -4.17. The highest BCUT2D eigenvalue weighted by atomic mass is 32.2. The number of fused-ring (bicyclic) bond motifs is 1. The molecular formula is C12H12O9S3. The van der Waals surface area contributed by atoms with Crippen molar-refractivity contribution in [1.82, 2.24) is 0 Å². The third kappa shape index (κ3) is 3.16. The normalized spacial score (nSPS) is 13.3. The van der Waals surface area contributed by atoms with Gasteiger partial charge < -0.3 is 0 Å². The van der Waals surface area contributed by atoms with Crippen molar-refractivity contribution >= 4 is 41.1 Å². The summed E-state index contributed by atoms with van der Waals surface area (Å²) in [6.45, 7) is 1.44. The summed E-state index contributed by atoms with van der Waals surface area (Å²) in [5.74, 6) is 0. The Balaban J connectivity index is 3.45. The van der Waals surface area contributed by atoms with E-state index in [9.17, 15) is 38.9 Å². The summed E-state index contributed by atoms with van der Waals surface area (Å²) in [6, 6.07) is 5.19. The van der Waals surface area contributed by atoms with Gasteiger partial charge >= 0.3 is 0 Å². The fraction of sp³-hybridized carbons (Fsp3) is 0.167. The molecule has 0 radical (unpaired) electrons. The molecule has 0 atom stereocenters. The van der Waals surface area contributed by atoms with Crippen molar-refractivity contribution in [1.29, 1.82) is 0 Å². The second-order valence-corrected chi connectivity index (χ2v) is 8.87. The molecule has 3 N–H and O–H groups in total. The predicted molar refractivity (Wildman–Crippen MR) is 82.8 cm³/mol. The Kier molecular flexibility index (Phi) is 4.50. The molecule has 0 aliphatic rings. The smallest absolute Gasteiger partial charge is 0.282 e. The molecule has 2 aromatic rings. The highest BCUT2D eigenvalue weighted by Gasteiger charge is 2.36. The van der Waals surface area contributed by atoms with Crippen molar-refractivity contribution in [3.63, 3.8) is 0 Å². The third-order valence-corrected chi connectivity index (χ3v) is 6.40. The van der Waals surface area contributed by atoms with E-state index in [4.69, 9.17) is 0 Å². The molecular weight excluding hydrogens is 384 g/mol. The van der Waals surface area contributed by atoms with Crippen LogP contribution in [-0.2, 0) is 36.8 Å². The average molecular weight is 396 g/mol. The van der Waals surface area contributed by atoms with Gasteiger partial charge in [-0.3, -0.25) is 13.7 Å². The SMILES string of the molecule is CCc1c(S(=O)(=O)O)c(S(=O)(=O)O)c(S(=O)(=O)O)c2ccccc12. The third-order valence-electron chi connectivity index (χ3n) is 3.31. The van der Waals surface area contributed by atoms with Gasteiger partial charge in [0.05, 0.1) is 0 Å². The van der Waals surface area contributed by atoms with Crippen molar-refractivity contribution in [2.45, 2.75) is 28.0 Å². The molecule has 132 valence electrons. The minimum atomic E-state index is -5.43. The van der Waals surface area contributed by atoms with Gasteiger partial charge in [-0.15, -0.1) is 0 Å². The average Bonchev–Trinajstić information content (AvgIpc) is 2.41. The second-order valence-electron chi connectivity index (χ2n) is 4.79. The van der Waals surface area contributed by atoms with Gasteiger partial charge in [0.25, 0.3) is 30.4 Å². The van der Waals surface area contributed by atoms with Crippen molar-refractivity contribution in [2.24, 2.45) is 0 Å². The van der Waals surface area contributed by atoms with Crippen molar-refractivity contribution in [3.8, 4) is 0 Å². The minimum Gasteiger partial charge on any atom is -0.282 e. The number of aryl methyl sites for hydroxylation is 1. The van der Waals surface area contributed by atoms with Gasteiger partial charge in [0, 0.05) is 5.39 Å². The quantitative estimate of drug-likeness (QED) is 0.643. The van der Waals surface area contributed by atoms with Crippen LogP contribution in [-0.4, -0.2) is 38.9 Å². The molecule has 0 amide bonds. The molecule has 12 heteroatoms. The standard InChI is InChI=1S/C12H12O9S3/c1-2-7-8-5-3-4-6-9(8)11(23(16,17)18)12(24(19,20)21)10(7)22(13,14)15/h3-6H,2H2,1H3,(H,13,14,15)(H,16,17,18)(H,19,20,21). The van der Waals surface area contributed by atoms with E-state index in [1.165, 1.54) is 25.1 Å². The van der Waals surface area contributed by atoms with Crippen LogP contribution in [0.25, 0.3) is 10.8 Å². The first-order chi connectivity index (χ1) is 10.8. The fourth-order valence-electron chi connectivity index (χ4n) is 2.54. The summed E-state index contributed by atoms with van der Waals surface area (Å²) < 4.78 is 98.4. The zero-order valence-corrected chi connectivity index (χ0v) is 14.5. The Morgan fingerprint density at radius 3 is 1.50 bits per heavy atom. The van der Waals surface area contributed by atoms with Crippen LogP contribution >= 0.6 is 0 Å². The van der Waals surface area contributed by atoms with Gasteiger partial charge in [-0.2, -0.15) is 25.3 Å². The number of benzene rings is 2. The van der Waals surface area contributed by atoms with Gasteiger partial charge in [0.1, 0.15) is 14.7 Å². The Morgan fingerprint density at radius 1 is 0.708 bits per heavy atom. The summed E-state index contributed by atoms with van der Waals surface area (Å²) in [5.41, 5.74) is -0.215. The highest BCUT2D eigenvalue weighted by molar-refractivity contribution is 7.90. The lowest BCUT2D eigenvalue weighted by Gasteiger charge is -2.17. The molecule has 24 heavy (non-hydrogen) atoms. The van der Waals surface area contributed by atoms with E-state index in [2.05, 4.69) is 0 Å².